The fourth-order valence-electron chi connectivity index (χ4n) is 3.70. The first-order chi connectivity index (χ1) is 16.2. The highest BCUT2D eigenvalue weighted by atomic mass is 32.1. The standard InChI is InChI=1S/C25H26FN5O2S/c1-25(2,3)27-24(33)23(18-12-13-34-16-18)30(14-17-8-10-19(26)11-9-17)22(32)15-31-21-7-5-4-6-20(21)28-29-31/h4-13,16,23H,14-15H2,1-3H3,(H,27,33). The van der Waals surface area contributed by atoms with Crippen LogP contribution in [0, 0.1) is 5.82 Å². The first-order valence-corrected chi connectivity index (χ1v) is 11.8. The van der Waals surface area contributed by atoms with E-state index in [2.05, 4.69) is 15.6 Å². The number of aromatic nitrogens is 3. The topological polar surface area (TPSA) is 80.1 Å². The van der Waals surface area contributed by atoms with E-state index in [0.717, 1.165) is 5.52 Å². The molecule has 1 atom stereocenters. The molecule has 2 heterocycles. The maximum absolute atomic E-state index is 13.7. The molecule has 0 aliphatic rings. The number of hydrogen-bond acceptors (Lipinski definition) is 5. The molecule has 0 radical (unpaired) electrons. The minimum Gasteiger partial charge on any atom is -0.349 e. The number of para-hydroxylation sites is 1. The SMILES string of the molecule is CC(C)(C)NC(=O)C(c1ccsc1)N(Cc1ccc(F)cc1)C(=O)Cn1nnc2ccccc21. The van der Waals surface area contributed by atoms with Crippen molar-refractivity contribution in [1.82, 2.24) is 25.2 Å². The lowest BCUT2D eigenvalue weighted by Crippen LogP contribution is -2.49. The van der Waals surface area contributed by atoms with Gasteiger partial charge in [-0.1, -0.05) is 29.5 Å². The molecule has 7 nitrogen and oxygen atoms in total. The highest BCUT2D eigenvalue weighted by Crippen LogP contribution is 2.27. The predicted octanol–water partition coefficient (Wildman–Crippen LogP) is 4.32. The van der Waals surface area contributed by atoms with Gasteiger partial charge in [-0.2, -0.15) is 11.3 Å². The number of nitrogens with one attached hydrogen (secondary N) is 1. The molecule has 0 fully saturated rings. The van der Waals surface area contributed by atoms with Gasteiger partial charge in [-0.25, -0.2) is 9.07 Å². The summed E-state index contributed by atoms with van der Waals surface area (Å²) >= 11 is 1.45. The lowest BCUT2D eigenvalue weighted by Gasteiger charge is -2.33. The number of fused-ring (bicyclic) bond motifs is 1. The lowest BCUT2D eigenvalue weighted by atomic mass is 10.0. The van der Waals surface area contributed by atoms with Gasteiger partial charge in [-0.3, -0.25) is 9.59 Å². The number of thiophene rings is 1. The molecule has 0 saturated carbocycles. The molecule has 0 spiro atoms. The van der Waals surface area contributed by atoms with Gasteiger partial charge < -0.3 is 10.2 Å². The predicted molar refractivity (Wildman–Crippen MR) is 129 cm³/mol. The van der Waals surface area contributed by atoms with E-state index >= 15 is 0 Å². The molecule has 0 aliphatic heterocycles. The van der Waals surface area contributed by atoms with E-state index in [1.807, 2.05) is 61.9 Å². The summed E-state index contributed by atoms with van der Waals surface area (Å²) in [5.41, 5.74) is 2.34. The van der Waals surface area contributed by atoms with Crippen molar-refractivity contribution >= 4 is 34.2 Å². The number of rotatable bonds is 7. The average molecular weight is 480 g/mol. The van der Waals surface area contributed by atoms with E-state index < -0.39 is 11.6 Å². The molecule has 176 valence electrons. The fraction of sp³-hybridized carbons (Fsp3) is 0.280. The van der Waals surface area contributed by atoms with E-state index in [9.17, 15) is 14.0 Å². The first-order valence-electron chi connectivity index (χ1n) is 10.9. The summed E-state index contributed by atoms with van der Waals surface area (Å²) in [6.45, 7) is 5.71. The Labute approximate surface area is 201 Å². The second kappa shape index (κ2) is 9.72. The minimum absolute atomic E-state index is 0.0921. The quantitative estimate of drug-likeness (QED) is 0.428. The summed E-state index contributed by atoms with van der Waals surface area (Å²) in [6, 6.07) is 14.3. The van der Waals surface area contributed by atoms with Crippen molar-refractivity contribution < 1.29 is 14.0 Å². The van der Waals surface area contributed by atoms with Crippen LogP contribution < -0.4 is 5.32 Å². The third-order valence-corrected chi connectivity index (χ3v) is 5.91. The second-order valence-corrected chi connectivity index (χ2v) is 9.86. The summed E-state index contributed by atoms with van der Waals surface area (Å²) < 4.78 is 15.0. The van der Waals surface area contributed by atoms with Crippen LogP contribution in [0.5, 0.6) is 0 Å². The Morgan fingerprint density at radius 2 is 1.85 bits per heavy atom. The van der Waals surface area contributed by atoms with Crippen LogP contribution in [0.1, 0.15) is 37.9 Å². The number of benzene rings is 2. The normalized spacial score (nSPS) is 12.5. The summed E-state index contributed by atoms with van der Waals surface area (Å²) in [6.07, 6.45) is 0. The number of amides is 2. The molecule has 0 bridgehead atoms. The zero-order chi connectivity index (χ0) is 24.3. The van der Waals surface area contributed by atoms with Gasteiger partial charge in [0.15, 0.2) is 0 Å². The molecule has 2 aromatic carbocycles. The van der Waals surface area contributed by atoms with E-state index in [4.69, 9.17) is 0 Å². The molecule has 0 aliphatic carbocycles. The number of carbonyl (C=O) groups is 2. The van der Waals surface area contributed by atoms with Crippen molar-refractivity contribution in [3.63, 3.8) is 0 Å². The second-order valence-electron chi connectivity index (χ2n) is 9.08. The molecule has 0 saturated heterocycles. The van der Waals surface area contributed by atoms with Crippen LogP contribution in [0.2, 0.25) is 0 Å². The molecule has 4 aromatic rings. The van der Waals surface area contributed by atoms with Crippen LogP contribution in [0.25, 0.3) is 11.0 Å². The van der Waals surface area contributed by atoms with Gasteiger partial charge in [0.25, 0.3) is 0 Å². The fourth-order valence-corrected chi connectivity index (χ4v) is 4.38. The largest absolute Gasteiger partial charge is 0.349 e. The highest BCUT2D eigenvalue weighted by Gasteiger charge is 2.34. The van der Waals surface area contributed by atoms with E-state index in [0.29, 0.717) is 16.6 Å². The third kappa shape index (κ3) is 5.48. The maximum atomic E-state index is 13.7. The van der Waals surface area contributed by atoms with Crippen LogP contribution in [-0.4, -0.2) is 37.2 Å². The molecule has 1 unspecified atom stereocenters. The van der Waals surface area contributed by atoms with Gasteiger partial charge in [-0.05, 0) is 73.0 Å². The highest BCUT2D eigenvalue weighted by molar-refractivity contribution is 7.08. The van der Waals surface area contributed by atoms with Gasteiger partial charge in [0.05, 0.1) is 5.52 Å². The third-order valence-electron chi connectivity index (χ3n) is 5.21. The number of nitrogens with zero attached hydrogens (tertiary/aromatic N) is 4. The zero-order valence-corrected chi connectivity index (χ0v) is 20.1. The molecule has 2 amide bonds. The lowest BCUT2D eigenvalue weighted by molar-refractivity contribution is -0.142. The number of carbonyl (C=O) groups excluding carboxylic acids is 2. The summed E-state index contributed by atoms with van der Waals surface area (Å²) in [4.78, 5) is 28.7. The molecule has 1 N–H and O–H groups in total. The van der Waals surface area contributed by atoms with Crippen molar-refractivity contribution in [2.75, 3.05) is 0 Å². The van der Waals surface area contributed by atoms with E-state index in [-0.39, 0.29) is 30.7 Å². The monoisotopic (exact) mass is 479 g/mol. The number of halogens is 1. The van der Waals surface area contributed by atoms with Crippen molar-refractivity contribution in [3.05, 3.63) is 82.3 Å². The van der Waals surface area contributed by atoms with Gasteiger partial charge in [0, 0.05) is 12.1 Å². The van der Waals surface area contributed by atoms with Crippen LogP contribution in [0.4, 0.5) is 4.39 Å². The molecule has 9 heteroatoms. The van der Waals surface area contributed by atoms with Crippen LogP contribution in [0.15, 0.2) is 65.4 Å². The van der Waals surface area contributed by atoms with Crippen LogP contribution >= 0.6 is 11.3 Å². The Balaban J connectivity index is 1.72. The Morgan fingerprint density at radius 3 is 2.53 bits per heavy atom. The first kappa shape index (κ1) is 23.6. The Kier molecular flexibility index (Phi) is 6.74. The smallest absolute Gasteiger partial charge is 0.247 e. The van der Waals surface area contributed by atoms with Crippen LogP contribution in [0.3, 0.4) is 0 Å². The molecule has 2 aromatic heterocycles. The molecule has 4 rings (SSSR count). The van der Waals surface area contributed by atoms with Crippen LogP contribution in [-0.2, 0) is 22.7 Å². The van der Waals surface area contributed by atoms with Gasteiger partial charge in [0.2, 0.25) is 11.8 Å². The van der Waals surface area contributed by atoms with Crippen molar-refractivity contribution in [3.8, 4) is 0 Å². The van der Waals surface area contributed by atoms with Crippen molar-refractivity contribution in [2.24, 2.45) is 0 Å². The van der Waals surface area contributed by atoms with Gasteiger partial charge in [0.1, 0.15) is 23.9 Å². The Hall–Kier alpha value is -3.59. The van der Waals surface area contributed by atoms with Gasteiger partial charge >= 0.3 is 0 Å². The molecular weight excluding hydrogens is 453 g/mol. The maximum Gasteiger partial charge on any atom is 0.247 e. The van der Waals surface area contributed by atoms with Crippen molar-refractivity contribution in [1.29, 1.82) is 0 Å². The Bertz CT molecular complexity index is 1280. The van der Waals surface area contributed by atoms with Crippen molar-refractivity contribution in [2.45, 2.75) is 45.4 Å². The van der Waals surface area contributed by atoms with Gasteiger partial charge in [-0.15, -0.1) is 5.10 Å². The van der Waals surface area contributed by atoms with E-state index in [1.54, 1.807) is 12.1 Å². The average Bonchev–Trinajstić information content (AvgIpc) is 3.44. The Morgan fingerprint density at radius 1 is 1.12 bits per heavy atom. The number of hydrogen-bond donors (Lipinski definition) is 1. The van der Waals surface area contributed by atoms with E-state index in [1.165, 1.54) is 33.1 Å². The summed E-state index contributed by atoms with van der Waals surface area (Å²) in [7, 11) is 0. The molecular formula is C25H26FN5O2S. The summed E-state index contributed by atoms with van der Waals surface area (Å²) in [5.74, 6) is -0.958. The molecule has 34 heavy (non-hydrogen) atoms. The zero-order valence-electron chi connectivity index (χ0n) is 19.2. The summed E-state index contributed by atoms with van der Waals surface area (Å²) in [5, 5.41) is 15.0. The minimum atomic E-state index is -0.863.